The predicted molar refractivity (Wildman–Crippen MR) is 348 cm³/mol. The van der Waals surface area contributed by atoms with Gasteiger partial charge in [-0.15, -0.1) is 0 Å². The lowest BCUT2D eigenvalue weighted by atomic mass is 9.86. The number of guanidine groups is 3. The van der Waals surface area contributed by atoms with Gasteiger partial charge in [-0.2, -0.15) is 0 Å². The van der Waals surface area contributed by atoms with Gasteiger partial charge >= 0.3 is 0 Å². The van der Waals surface area contributed by atoms with Gasteiger partial charge in [0.05, 0.1) is 6.04 Å². The molecular weight excluding hydrogens is 1180 g/mol. The van der Waals surface area contributed by atoms with Crippen LogP contribution in [-0.4, -0.2) is 176 Å². The molecule has 2 rings (SSSR count). The van der Waals surface area contributed by atoms with E-state index in [4.69, 9.17) is 68.8 Å². The van der Waals surface area contributed by atoms with Gasteiger partial charge in [-0.25, -0.2) is 0 Å². The molecule has 9 amide bonds. The van der Waals surface area contributed by atoms with E-state index in [1.807, 2.05) is 0 Å². The molecule has 1 aromatic carbocycles. The van der Waals surface area contributed by atoms with Crippen molar-refractivity contribution < 1.29 is 48.3 Å². The molecule has 33 N–H and O–H groups in total. The Balaban J connectivity index is 2.67. The molecular formula is C58H107N23O10. The summed E-state index contributed by atoms with van der Waals surface area (Å²) in [5, 5.41) is 32.2. The second-order valence-electron chi connectivity index (χ2n) is 22.9. The highest BCUT2D eigenvalue weighted by atomic mass is 16.3. The van der Waals surface area contributed by atoms with E-state index in [1.54, 1.807) is 0 Å². The van der Waals surface area contributed by atoms with Crippen LogP contribution in [0.25, 0.3) is 0 Å². The number of carbonyl (C=O) groups is 9. The van der Waals surface area contributed by atoms with Gasteiger partial charge < -0.3 is 116 Å². The maximum atomic E-state index is 15.0. The first-order valence-corrected chi connectivity index (χ1v) is 31.6. The van der Waals surface area contributed by atoms with Gasteiger partial charge in [-0.1, -0.05) is 12.1 Å². The van der Waals surface area contributed by atoms with Crippen LogP contribution in [0.15, 0.2) is 39.2 Å². The molecule has 91 heavy (non-hydrogen) atoms. The number of hydrogen-bond acceptors (Lipinski definition) is 18. The standard InChI is InChI=1S/C58H107N23O10/c59-27-5-1-13-40(47(64)83)75-50(86)44(17-10-32-73-57(67)68)78-53(89)45(18-11-33-74-58(69)70)79-52(88)43(16-4-8-30-71-48(84)36-21-23-37(62)24-22-36)80-55(91)46(34-35-19-25-38(82)26-20-35)81-54(90)42(15-3-7-29-61)77-51(87)41(14-2-6-28-60)76-49(85)39(63)12-9-31-72-56(65)66/h19-20,25-26,36-37,39-46,82H,1-18,21-24,27-34,59-63H2,(H2,64,83)(H,71,84)(H,75,86)(H,76,85)(H,77,87)(H,78,89)(H,79,88)(H,80,91)(H,81,90)(H4,65,66,72)(H4,67,68,73)(H4,69,70,74)/t36?,37?,39-,40-,41-,42-,43-,44-,45-,46-/m0/s1. The van der Waals surface area contributed by atoms with Crippen LogP contribution in [0, 0.1) is 5.92 Å². The fourth-order valence-electron chi connectivity index (χ4n) is 9.97. The lowest BCUT2D eigenvalue weighted by molar-refractivity contribution is -0.136. The molecule has 0 aliphatic heterocycles. The second kappa shape index (κ2) is 45.2. The molecule has 514 valence electrons. The van der Waals surface area contributed by atoms with E-state index in [0.717, 1.165) is 12.8 Å². The number of primary amides is 1. The normalized spacial score (nSPS) is 16.2. The summed E-state index contributed by atoms with van der Waals surface area (Å²) >= 11 is 0. The van der Waals surface area contributed by atoms with Gasteiger partial charge in [0.2, 0.25) is 53.2 Å². The molecule has 0 bridgehead atoms. The maximum absolute atomic E-state index is 15.0. The van der Waals surface area contributed by atoms with Gasteiger partial charge in [0.25, 0.3) is 0 Å². The summed E-state index contributed by atoms with van der Waals surface area (Å²) in [5.74, 6) is -7.32. The van der Waals surface area contributed by atoms with Gasteiger partial charge in [0.1, 0.15) is 48.0 Å². The molecule has 0 heterocycles. The van der Waals surface area contributed by atoms with Crippen molar-refractivity contribution in [2.24, 2.45) is 89.7 Å². The number of phenols is 1. The summed E-state index contributed by atoms with van der Waals surface area (Å²) in [6.45, 7) is 1.40. The van der Waals surface area contributed by atoms with Crippen molar-refractivity contribution in [2.75, 3.05) is 45.8 Å². The first-order chi connectivity index (χ1) is 43.4. The molecule has 1 aliphatic carbocycles. The number of aromatic hydroxyl groups is 1. The smallest absolute Gasteiger partial charge is 0.243 e. The summed E-state index contributed by atoms with van der Waals surface area (Å²) in [4.78, 5) is 138. The minimum absolute atomic E-state index is 0.0138. The van der Waals surface area contributed by atoms with Crippen molar-refractivity contribution in [2.45, 2.75) is 202 Å². The van der Waals surface area contributed by atoms with Crippen molar-refractivity contribution in [1.82, 2.24) is 42.5 Å². The van der Waals surface area contributed by atoms with E-state index >= 15 is 0 Å². The summed E-state index contributed by atoms with van der Waals surface area (Å²) in [5.41, 5.74) is 68.8. The molecule has 0 spiro atoms. The zero-order valence-electron chi connectivity index (χ0n) is 52.7. The Labute approximate surface area is 533 Å². The molecule has 1 saturated carbocycles. The summed E-state index contributed by atoms with van der Waals surface area (Å²) in [6, 6.07) is -4.43. The Kier molecular flexibility index (Phi) is 39.2. The van der Waals surface area contributed by atoms with Crippen LogP contribution in [0.5, 0.6) is 5.75 Å². The van der Waals surface area contributed by atoms with Crippen molar-refractivity contribution in [3.8, 4) is 5.75 Å². The molecule has 33 heteroatoms. The topological polar surface area (TPSA) is 619 Å². The van der Waals surface area contributed by atoms with Crippen LogP contribution in [0.2, 0.25) is 0 Å². The molecule has 33 nitrogen and oxygen atoms in total. The van der Waals surface area contributed by atoms with Crippen molar-refractivity contribution >= 4 is 71.0 Å². The molecule has 8 atom stereocenters. The summed E-state index contributed by atoms with van der Waals surface area (Å²) in [6.07, 6.45) is 6.75. The minimum Gasteiger partial charge on any atom is -0.508 e. The average molecular weight is 1290 g/mol. The Morgan fingerprint density at radius 2 is 0.758 bits per heavy atom. The van der Waals surface area contributed by atoms with Crippen LogP contribution in [0.3, 0.4) is 0 Å². The van der Waals surface area contributed by atoms with E-state index in [1.165, 1.54) is 24.3 Å². The Hall–Kier alpha value is -8.14. The summed E-state index contributed by atoms with van der Waals surface area (Å²) < 4.78 is 0. The molecule has 0 saturated heterocycles. The third-order valence-corrected chi connectivity index (χ3v) is 15.2. The quantitative estimate of drug-likeness (QED) is 0.0164. The largest absolute Gasteiger partial charge is 0.508 e. The monoisotopic (exact) mass is 1290 g/mol. The SMILES string of the molecule is NCCCC[C@H](NC(=O)[C@H](CCCN=C(N)N)NC(=O)[C@H](CCCN=C(N)N)NC(=O)[C@H](CCCCNC(=O)C1CCC(N)CC1)NC(=O)[C@H](Cc1ccc(O)cc1)NC(=O)[C@H](CCCCN)NC(=O)[C@H](CCCCN)NC(=O)[C@@H](N)CCCN=C(N)N)C(N)=O. The number of hydrogen-bond donors (Lipinski definition) is 21. The maximum Gasteiger partial charge on any atom is 0.243 e. The fraction of sp³-hybridized carbons (Fsp3) is 0.690. The molecule has 1 aromatic rings. The number of phenolic OH excluding ortho intramolecular Hbond substituents is 1. The highest BCUT2D eigenvalue weighted by Crippen LogP contribution is 2.23. The minimum atomic E-state index is -1.47. The van der Waals surface area contributed by atoms with Crippen LogP contribution in [-0.2, 0) is 49.6 Å². The number of amides is 9. The first-order valence-electron chi connectivity index (χ1n) is 31.6. The van der Waals surface area contributed by atoms with Gasteiger partial charge in [0.15, 0.2) is 17.9 Å². The predicted octanol–water partition coefficient (Wildman–Crippen LogP) is -5.51. The number of aliphatic imine (C=N–C) groups is 3. The van der Waals surface area contributed by atoms with E-state index in [-0.39, 0.29) is 145 Å². The van der Waals surface area contributed by atoms with Crippen LogP contribution < -0.4 is 111 Å². The number of rotatable bonds is 47. The van der Waals surface area contributed by atoms with Gasteiger partial charge in [-0.05, 0) is 179 Å². The zero-order chi connectivity index (χ0) is 67.7. The van der Waals surface area contributed by atoms with E-state index < -0.39 is 95.6 Å². The Morgan fingerprint density at radius 3 is 1.14 bits per heavy atom. The third-order valence-electron chi connectivity index (χ3n) is 15.2. The average Bonchev–Trinajstić information content (AvgIpc) is 3.65. The van der Waals surface area contributed by atoms with Crippen molar-refractivity contribution in [1.29, 1.82) is 0 Å². The molecule has 0 radical (unpaired) electrons. The Bertz CT molecular complexity index is 2490. The fourth-order valence-corrected chi connectivity index (χ4v) is 9.97. The molecule has 0 unspecified atom stereocenters. The van der Waals surface area contributed by atoms with Crippen LogP contribution >= 0.6 is 0 Å². The number of unbranched alkanes of at least 4 members (excludes halogenated alkanes) is 4. The second-order valence-corrected chi connectivity index (χ2v) is 22.9. The molecule has 1 aliphatic rings. The molecule has 0 aromatic heterocycles. The number of nitrogens with two attached hydrogens (primary N) is 12. The number of benzene rings is 1. The van der Waals surface area contributed by atoms with Crippen molar-refractivity contribution in [3.05, 3.63) is 29.8 Å². The van der Waals surface area contributed by atoms with Crippen LogP contribution in [0.4, 0.5) is 0 Å². The van der Waals surface area contributed by atoms with Gasteiger partial charge in [-0.3, -0.25) is 58.1 Å². The third kappa shape index (κ3) is 34.0. The lowest BCUT2D eigenvalue weighted by Crippen LogP contribution is -2.60. The van der Waals surface area contributed by atoms with E-state index in [9.17, 15) is 48.3 Å². The van der Waals surface area contributed by atoms with Gasteiger partial charge in [0, 0.05) is 44.6 Å². The number of nitrogens with one attached hydrogen (secondary N) is 8. The zero-order valence-corrected chi connectivity index (χ0v) is 52.7. The van der Waals surface area contributed by atoms with Crippen LogP contribution in [0.1, 0.15) is 147 Å². The number of nitrogens with zero attached hydrogens (tertiary/aromatic N) is 3. The van der Waals surface area contributed by atoms with E-state index in [2.05, 4.69) is 57.5 Å². The highest BCUT2D eigenvalue weighted by molar-refractivity contribution is 5.98. The summed E-state index contributed by atoms with van der Waals surface area (Å²) in [7, 11) is 0. The Morgan fingerprint density at radius 1 is 0.429 bits per heavy atom. The van der Waals surface area contributed by atoms with E-state index in [0.29, 0.717) is 82.9 Å². The molecule has 1 fully saturated rings. The first kappa shape index (κ1) is 79.0. The lowest BCUT2D eigenvalue weighted by Gasteiger charge is -2.28. The number of carbonyl (C=O) groups excluding carboxylic acids is 9. The highest BCUT2D eigenvalue weighted by Gasteiger charge is 2.35. The van der Waals surface area contributed by atoms with Crippen molar-refractivity contribution in [3.63, 3.8) is 0 Å².